The van der Waals surface area contributed by atoms with Gasteiger partial charge < -0.3 is 9.31 Å². The molecule has 8 nitrogen and oxygen atoms in total. The summed E-state index contributed by atoms with van der Waals surface area (Å²) >= 11 is 6.53. The number of aromatic nitrogens is 6. The van der Waals surface area contributed by atoms with Crippen LogP contribution in [0.15, 0.2) is 400 Å². The molecule has 2 spiro atoms. The lowest BCUT2D eigenvalue weighted by molar-refractivity contribution is 0.0262. The Morgan fingerprint density at radius 2 is 0.493 bits per heavy atom. The summed E-state index contributed by atoms with van der Waals surface area (Å²) in [6.45, 7) is 19.9. The second kappa shape index (κ2) is 30.4. The Labute approximate surface area is 785 Å². The molecule has 134 heavy (non-hydrogen) atoms. The Bertz CT molecular complexity index is 8350. The molecule has 638 valence electrons. The van der Waals surface area contributed by atoms with Crippen LogP contribution in [-0.2, 0) is 31.0 Å². The van der Waals surface area contributed by atoms with Gasteiger partial charge in [-0.25, -0.2) is 19.9 Å². The summed E-state index contributed by atoms with van der Waals surface area (Å²) in [5, 5.41) is 18.6. The highest BCUT2D eigenvalue weighted by Gasteiger charge is 2.59. The molecule has 2 aromatic heterocycles. The molecule has 20 aromatic carbocycles. The van der Waals surface area contributed by atoms with Crippen molar-refractivity contribution in [3.8, 4) is 79.2 Å². The topological polar surface area (TPSA) is 95.8 Å². The van der Waals surface area contributed by atoms with E-state index in [-0.39, 0.29) is 17.5 Å². The average molecular weight is 1740 g/mol. The van der Waals surface area contributed by atoms with Crippen molar-refractivity contribution in [3.63, 3.8) is 0 Å². The molecule has 1 fully saturated rings. The van der Waals surface area contributed by atoms with Crippen LogP contribution in [0, 0.1) is 6.92 Å². The van der Waals surface area contributed by atoms with Gasteiger partial charge in [0, 0.05) is 47.0 Å². The van der Waals surface area contributed by atoms with Crippen LogP contribution in [0.4, 0.5) is 0 Å². The molecule has 1 atom stereocenters. The van der Waals surface area contributed by atoms with E-state index >= 15 is 0 Å². The van der Waals surface area contributed by atoms with E-state index in [4.69, 9.17) is 40.8 Å². The summed E-state index contributed by atoms with van der Waals surface area (Å²) in [7, 11) is -0.464. The third kappa shape index (κ3) is 12.1. The first-order chi connectivity index (χ1) is 65.3. The number of hydrogen-bond donors (Lipinski definition) is 0. The lowest BCUT2D eigenvalue weighted by Gasteiger charge is -2.46. The summed E-state index contributed by atoms with van der Waals surface area (Å²) in [6, 6.07) is 145. The first-order valence-corrected chi connectivity index (χ1v) is 46.6. The van der Waals surface area contributed by atoms with E-state index in [1.807, 2.05) is 31.2 Å². The van der Waals surface area contributed by atoms with Crippen molar-refractivity contribution >= 4 is 110 Å². The highest BCUT2D eigenvalue weighted by atomic mass is 35.5. The van der Waals surface area contributed by atoms with Crippen LogP contribution in [-0.4, -0.2) is 48.2 Å². The summed E-state index contributed by atoms with van der Waals surface area (Å²) in [4.78, 5) is 30.6. The first-order valence-electron chi connectivity index (χ1n) is 46.3. The van der Waals surface area contributed by atoms with Gasteiger partial charge in [-0.15, -0.1) is 0 Å². The minimum Gasteiger partial charge on any atom is -0.395 e. The van der Waals surface area contributed by atoms with Gasteiger partial charge in [-0.3, -0.25) is 0 Å². The summed E-state index contributed by atoms with van der Waals surface area (Å²) in [5.74, 6) is 3.08. The Hall–Kier alpha value is -15.4. The number of nitrogens with zero attached hydrogens (tertiary/aromatic N) is 6. The van der Waals surface area contributed by atoms with Gasteiger partial charge in [0.2, 0.25) is 10.9 Å². The molecule has 27 rings (SSSR count). The van der Waals surface area contributed by atoms with Crippen LogP contribution in [0.3, 0.4) is 0 Å². The summed E-state index contributed by atoms with van der Waals surface area (Å²) in [6.07, 6.45) is 0. The van der Waals surface area contributed by atoms with Crippen LogP contribution < -0.4 is 5.46 Å². The fourth-order valence-electron chi connectivity index (χ4n) is 23.2. The normalized spacial score (nSPS) is 16.0. The fourth-order valence-corrected chi connectivity index (χ4v) is 23.4. The minimum atomic E-state index is -0.634. The van der Waals surface area contributed by atoms with E-state index < -0.39 is 29.2 Å². The van der Waals surface area contributed by atoms with E-state index in [1.54, 1.807) is 0 Å². The average Bonchev–Trinajstić information content (AvgIpc) is 1.53. The molecule has 0 amide bonds. The molecule has 1 unspecified atom stereocenters. The van der Waals surface area contributed by atoms with E-state index in [1.165, 1.54) is 121 Å². The van der Waals surface area contributed by atoms with E-state index in [0.717, 1.165) is 87.1 Å². The molecular weight excluding hydrogens is 1650 g/mol. The van der Waals surface area contributed by atoms with Crippen LogP contribution >= 0.6 is 11.6 Å². The molecule has 0 N–H and O–H groups in total. The van der Waals surface area contributed by atoms with Gasteiger partial charge in [0.25, 0.3) is 0 Å². The number of fused-ring (bicyclic) bond motifs is 30. The maximum absolute atomic E-state index is 6.53. The van der Waals surface area contributed by atoms with Crippen molar-refractivity contribution in [2.75, 3.05) is 0 Å². The zero-order chi connectivity index (χ0) is 90.3. The lowest BCUT2D eigenvalue weighted by Crippen LogP contribution is -2.42. The molecule has 22 aromatic rings. The molecule has 1 aliphatic heterocycles. The van der Waals surface area contributed by atoms with Gasteiger partial charge in [0.05, 0.1) is 17.8 Å². The zero-order valence-electron chi connectivity index (χ0n) is 75.3. The quantitative estimate of drug-likeness (QED) is 0.0923. The number of hydrogen-bond acceptors (Lipinski definition) is 8. The van der Waals surface area contributed by atoms with Crippen LogP contribution in [0.5, 0.6) is 0 Å². The monoisotopic (exact) mass is 1740 g/mol. The number of halogens is 1. The second-order valence-electron chi connectivity index (χ2n) is 38.2. The van der Waals surface area contributed by atoms with Crippen LogP contribution in [0.1, 0.15) is 117 Å². The van der Waals surface area contributed by atoms with Gasteiger partial charge >= 0.3 is 7.12 Å². The molecule has 0 saturated carbocycles. The van der Waals surface area contributed by atoms with Gasteiger partial charge in [-0.05, 0) is 236 Å². The van der Waals surface area contributed by atoms with Gasteiger partial charge in [0.1, 0.15) is 5.60 Å². The zero-order valence-corrected chi connectivity index (χ0v) is 76.0. The van der Waals surface area contributed by atoms with E-state index in [2.05, 4.69) is 435 Å². The molecule has 1 saturated heterocycles. The highest BCUT2D eigenvalue weighted by Crippen LogP contribution is 2.65. The Morgan fingerprint density at radius 1 is 0.231 bits per heavy atom. The predicted molar refractivity (Wildman–Crippen MR) is 555 cm³/mol. The van der Waals surface area contributed by atoms with E-state index in [9.17, 15) is 0 Å². The largest absolute Gasteiger partial charge is 0.498 e. The van der Waals surface area contributed by atoms with Crippen LogP contribution in [0.25, 0.3) is 165 Å². The molecule has 3 heterocycles. The molecular formula is C124H91BClN6O2+. The van der Waals surface area contributed by atoms with Crippen molar-refractivity contribution in [2.45, 2.75) is 81.3 Å². The maximum atomic E-state index is 6.53. The van der Waals surface area contributed by atoms with Gasteiger partial charge in [-0.2, -0.15) is 9.97 Å². The van der Waals surface area contributed by atoms with Crippen molar-refractivity contribution < 1.29 is 10.7 Å². The lowest BCUT2D eigenvalue weighted by atomic mass is 9.55. The Kier molecular flexibility index (Phi) is 18.3. The Morgan fingerprint density at radius 3 is 0.828 bits per heavy atom. The van der Waals surface area contributed by atoms with Crippen molar-refractivity contribution in [3.05, 3.63) is 479 Å². The molecule has 0 radical (unpaired) electrons. The third-order valence-electron chi connectivity index (χ3n) is 30.0. The fraction of sp³-hybridized carbons (Fsp3) is 0.105. The first kappa shape index (κ1) is 80.7. The maximum Gasteiger partial charge on any atom is 0.498 e. The molecule has 10 heteroatoms. The SMILES string of the molecule is CC1(C)c2ccccc2C2(c3ccccc3-c3ccc(-c4nc(-c5cc6ccccc6c6ccccc56)nc(-c5cc6ccccc6c6ccccc56)n4)cc32)c2ccccc21.Clc1nc(-c2cc3ccccc3c3ccccc23)nc(-c2cc3ccccc3c3ccccc23)n1.[2HH].[CH2+]C1(C)OB(c2ccc3c(c2)C2(c4ccccc4-3)c3ccccc3C(C)(C)c3ccccc32)OC1(C)C. The predicted octanol–water partition coefficient (Wildman–Crippen LogP) is 30.0. The smallest absolute Gasteiger partial charge is 0.395 e. The van der Waals surface area contributed by atoms with Gasteiger partial charge in [-0.1, -0.05) is 398 Å². The standard InChI is InChI=1S/C59H39N3.C34H32BO2.C31H18ClN3.H2/c1-58(2)50-27-13-15-29-52(50)59(53-30-16-14-28-51(53)58)49-26-12-11-25-45(49)46-32-31-38(35-54(46)59)55-60-56(47-33-36-17-3-5-19-39(36)41-21-7-9-23-43(41)47)62-57(61-55)48-34-37-18-4-6-20-40(37)42-22-8-10-24-44(42)48;1-31(2)26-15-9-11-17-28(26)34(29-18-12-10-16-27(29)31)25-14-8-7-13-23(25)24-20-19-22(21-30(24)34)35-36-32(3,4)33(5,6)37-35;32-31-34-29(27-17-19-9-1-3-11-21(19)23-13-5-7-15-25(23)27)33-30(35-31)28-18-20-10-2-4-12-22(20)24-14-6-8-16-26(24)28;/h3-35H,1-2H3;7-21H,3H2,1-2,4-6H3;1-18H;1H/q;+1;;/i;;;1+1. The van der Waals surface area contributed by atoms with Crippen LogP contribution in [0.2, 0.25) is 5.28 Å². The van der Waals surface area contributed by atoms with Crippen molar-refractivity contribution in [2.24, 2.45) is 0 Å². The van der Waals surface area contributed by atoms with Crippen molar-refractivity contribution in [1.29, 1.82) is 0 Å². The summed E-state index contributed by atoms with van der Waals surface area (Å²) < 4.78 is 12.9. The molecule has 5 aliphatic rings. The number of benzene rings is 20. The van der Waals surface area contributed by atoms with Gasteiger partial charge in [0.15, 0.2) is 29.1 Å². The van der Waals surface area contributed by atoms with E-state index in [0.29, 0.717) is 29.1 Å². The highest BCUT2D eigenvalue weighted by molar-refractivity contribution is 6.62. The third-order valence-corrected chi connectivity index (χ3v) is 30.2. The minimum absolute atomic E-state index is 0. The molecule has 0 bridgehead atoms. The second-order valence-corrected chi connectivity index (χ2v) is 38.6. The molecule has 4 aliphatic carbocycles. The Balaban J connectivity index is 0.000000118. The summed E-state index contributed by atoms with van der Waals surface area (Å²) in [5.41, 5.74) is 24.6. The van der Waals surface area contributed by atoms with Crippen molar-refractivity contribution in [1.82, 2.24) is 29.9 Å². The number of rotatable bonds is 6.